The van der Waals surface area contributed by atoms with Crippen molar-refractivity contribution in [2.24, 2.45) is 10.9 Å². The van der Waals surface area contributed by atoms with Gasteiger partial charge in [-0.15, -0.1) is 0 Å². The van der Waals surface area contributed by atoms with E-state index in [1.54, 1.807) is 0 Å². The highest BCUT2D eigenvalue weighted by molar-refractivity contribution is 5.79. The molecule has 0 saturated carbocycles. The van der Waals surface area contributed by atoms with Crippen molar-refractivity contribution in [2.45, 2.75) is 19.3 Å². The molecular formula is C12H17N3O3. The maximum absolute atomic E-state index is 8.38. The van der Waals surface area contributed by atoms with Crippen LogP contribution in [0.15, 0.2) is 23.4 Å². The van der Waals surface area contributed by atoms with Crippen LogP contribution in [-0.4, -0.2) is 24.4 Å². The van der Waals surface area contributed by atoms with Gasteiger partial charge in [-0.1, -0.05) is 5.16 Å². The number of anilines is 1. The van der Waals surface area contributed by atoms with E-state index >= 15 is 0 Å². The monoisotopic (exact) mass is 251 g/mol. The third-order valence-electron chi connectivity index (χ3n) is 2.69. The van der Waals surface area contributed by atoms with Gasteiger partial charge in [0.25, 0.3) is 0 Å². The molecule has 0 unspecified atom stereocenters. The Bertz CT molecular complexity index is 435. The van der Waals surface area contributed by atoms with Crippen LogP contribution in [0, 0.1) is 0 Å². The highest BCUT2D eigenvalue weighted by Crippen LogP contribution is 2.34. The fourth-order valence-electron chi connectivity index (χ4n) is 1.72. The lowest BCUT2D eigenvalue weighted by molar-refractivity contribution is 0.174. The summed E-state index contributed by atoms with van der Waals surface area (Å²) in [5.41, 5.74) is 6.38. The van der Waals surface area contributed by atoms with E-state index in [4.69, 9.17) is 20.4 Å². The second-order valence-corrected chi connectivity index (χ2v) is 4.04. The summed E-state index contributed by atoms with van der Waals surface area (Å²) in [6.07, 6.45) is 2.44. The lowest BCUT2D eigenvalue weighted by Crippen LogP contribution is -2.11. The first kappa shape index (κ1) is 12.3. The van der Waals surface area contributed by atoms with Gasteiger partial charge in [0, 0.05) is 24.7 Å². The molecular weight excluding hydrogens is 234 g/mol. The lowest BCUT2D eigenvalue weighted by Gasteiger charge is -2.06. The molecule has 0 aliphatic carbocycles. The Morgan fingerprint density at radius 2 is 2.17 bits per heavy atom. The third kappa shape index (κ3) is 3.19. The van der Waals surface area contributed by atoms with Gasteiger partial charge >= 0.3 is 0 Å². The van der Waals surface area contributed by atoms with Crippen molar-refractivity contribution in [3.8, 4) is 11.5 Å². The molecule has 0 aromatic heterocycles. The number of nitrogens with zero attached hydrogens (tertiary/aromatic N) is 1. The van der Waals surface area contributed by atoms with Crippen molar-refractivity contribution < 1.29 is 14.7 Å². The molecule has 1 aromatic rings. The van der Waals surface area contributed by atoms with Gasteiger partial charge in [-0.3, -0.25) is 0 Å². The Labute approximate surface area is 105 Å². The summed E-state index contributed by atoms with van der Waals surface area (Å²) in [4.78, 5) is 0. The van der Waals surface area contributed by atoms with Crippen molar-refractivity contribution in [2.75, 3.05) is 18.7 Å². The molecule has 1 heterocycles. The van der Waals surface area contributed by atoms with Gasteiger partial charge in [0.05, 0.1) is 0 Å². The predicted molar refractivity (Wildman–Crippen MR) is 68.3 cm³/mol. The molecule has 4 N–H and O–H groups in total. The minimum absolute atomic E-state index is 0.276. The van der Waals surface area contributed by atoms with Crippen LogP contribution in [0.1, 0.15) is 19.3 Å². The minimum atomic E-state index is 0.276. The first-order valence-electron chi connectivity index (χ1n) is 5.89. The van der Waals surface area contributed by atoms with Crippen LogP contribution in [-0.2, 0) is 0 Å². The molecule has 0 fully saturated rings. The van der Waals surface area contributed by atoms with Gasteiger partial charge in [-0.05, 0) is 25.0 Å². The third-order valence-corrected chi connectivity index (χ3v) is 2.69. The number of hydrogen-bond donors (Lipinski definition) is 3. The molecule has 1 aliphatic rings. The smallest absolute Gasteiger partial charge is 0.231 e. The number of ether oxygens (including phenoxy) is 2. The molecule has 0 atom stereocenters. The number of nitrogens with two attached hydrogens (primary N) is 1. The molecule has 1 aliphatic heterocycles. The van der Waals surface area contributed by atoms with Crippen molar-refractivity contribution >= 4 is 11.5 Å². The summed E-state index contributed by atoms with van der Waals surface area (Å²) >= 11 is 0. The molecule has 6 heteroatoms. The number of fused-ring (bicyclic) bond motifs is 1. The minimum Gasteiger partial charge on any atom is -0.454 e. The quantitative estimate of drug-likeness (QED) is 0.235. The summed E-state index contributed by atoms with van der Waals surface area (Å²) in [5, 5.41) is 14.6. The largest absolute Gasteiger partial charge is 0.454 e. The second kappa shape index (κ2) is 6.00. The average molecular weight is 251 g/mol. The first-order chi connectivity index (χ1) is 8.79. The van der Waals surface area contributed by atoms with Crippen LogP contribution in [0.5, 0.6) is 11.5 Å². The van der Waals surface area contributed by atoms with E-state index in [0.29, 0.717) is 13.2 Å². The normalized spacial score (nSPS) is 13.7. The molecule has 18 heavy (non-hydrogen) atoms. The molecule has 1 aromatic carbocycles. The number of amidine groups is 1. The van der Waals surface area contributed by atoms with Gasteiger partial charge in [0.1, 0.15) is 5.84 Å². The van der Waals surface area contributed by atoms with Crippen LogP contribution >= 0.6 is 0 Å². The van der Waals surface area contributed by atoms with Gasteiger partial charge in [0.2, 0.25) is 6.79 Å². The number of rotatable bonds is 6. The summed E-state index contributed by atoms with van der Waals surface area (Å²) in [7, 11) is 0. The fourth-order valence-corrected chi connectivity index (χ4v) is 1.72. The number of unbranched alkanes of at least 4 members (excludes halogenated alkanes) is 1. The Hall–Kier alpha value is -2.11. The number of oxime groups is 1. The molecule has 0 spiro atoms. The number of benzene rings is 1. The van der Waals surface area contributed by atoms with E-state index in [2.05, 4.69) is 10.5 Å². The fraction of sp³-hybridized carbons (Fsp3) is 0.417. The van der Waals surface area contributed by atoms with Crippen molar-refractivity contribution in [1.29, 1.82) is 0 Å². The van der Waals surface area contributed by atoms with Crippen molar-refractivity contribution in [1.82, 2.24) is 0 Å². The zero-order valence-electron chi connectivity index (χ0n) is 10.1. The summed E-state index contributed by atoms with van der Waals surface area (Å²) in [6.45, 7) is 1.12. The summed E-state index contributed by atoms with van der Waals surface area (Å²) in [5.74, 6) is 1.84. The standard InChI is InChI=1S/C12H17N3O3/c13-12(15-16)3-1-2-6-14-9-4-5-10-11(7-9)18-8-17-10/h4-5,7,14,16H,1-3,6,8H2,(H2,13,15). The maximum Gasteiger partial charge on any atom is 0.231 e. The molecule has 2 rings (SSSR count). The first-order valence-corrected chi connectivity index (χ1v) is 5.89. The van der Waals surface area contributed by atoms with E-state index < -0.39 is 0 Å². The number of nitrogens with one attached hydrogen (secondary N) is 1. The second-order valence-electron chi connectivity index (χ2n) is 4.04. The Morgan fingerprint density at radius 3 is 3.00 bits per heavy atom. The van der Waals surface area contributed by atoms with E-state index in [-0.39, 0.29) is 5.84 Å². The van der Waals surface area contributed by atoms with E-state index in [1.165, 1.54) is 0 Å². The maximum atomic E-state index is 8.38. The van der Waals surface area contributed by atoms with Crippen LogP contribution in [0.3, 0.4) is 0 Å². The molecule has 6 nitrogen and oxygen atoms in total. The van der Waals surface area contributed by atoms with E-state index in [9.17, 15) is 0 Å². The van der Waals surface area contributed by atoms with Gasteiger partial charge < -0.3 is 25.7 Å². The van der Waals surface area contributed by atoms with E-state index in [1.807, 2.05) is 18.2 Å². The Balaban J connectivity index is 1.71. The van der Waals surface area contributed by atoms with Crippen molar-refractivity contribution in [3.63, 3.8) is 0 Å². The van der Waals surface area contributed by atoms with Crippen molar-refractivity contribution in [3.05, 3.63) is 18.2 Å². The molecule has 0 bridgehead atoms. The highest BCUT2D eigenvalue weighted by Gasteiger charge is 2.12. The van der Waals surface area contributed by atoms with Crippen LogP contribution in [0.4, 0.5) is 5.69 Å². The highest BCUT2D eigenvalue weighted by atomic mass is 16.7. The Morgan fingerprint density at radius 1 is 1.33 bits per heavy atom. The number of hydrogen-bond acceptors (Lipinski definition) is 5. The molecule has 0 radical (unpaired) electrons. The lowest BCUT2D eigenvalue weighted by atomic mass is 10.2. The Kier molecular flexibility index (Phi) is 4.11. The van der Waals surface area contributed by atoms with Crippen LogP contribution in [0.2, 0.25) is 0 Å². The van der Waals surface area contributed by atoms with E-state index in [0.717, 1.165) is 36.6 Å². The SMILES string of the molecule is NC(CCCCNc1ccc2c(c1)OCO2)=NO. The zero-order valence-corrected chi connectivity index (χ0v) is 10.1. The average Bonchev–Trinajstić information content (AvgIpc) is 2.85. The summed E-state index contributed by atoms with van der Waals surface area (Å²) in [6, 6.07) is 5.77. The summed E-state index contributed by atoms with van der Waals surface area (Å²) < 4.78 is 10.5. The van der Waals surface area contributed by atoms with Gasteiger partial charge in [-0.2, -0.15) is 0 Å². The molecule has 0 saturated heterocycles. The van der Waals surface area contributed by atoms with Crippen LogP contribution in [0.25, 0.3) is 0 Å². The molecule has 0 amide bonds. The zero-order chi connectivity index (χ0) is 12.8. The predicted octanol–water partition coefficient (Wildman–Crippen LogP) is 1.74. The van der Waals surface area contributed by atoms with Crippen LogP contribution < -0.4 is 20.5 Å². The molecule has 98 valence electrons. The van der Waals surface area contributed by atoms with Gasteiger partial charge in [-0.25, -0.2) is 0 Å². The van der Waals surface area contributed by atoms with Gasteiger partial charge in [0.15, 0.2) is 11.5 Å². The topological polar surface area (TPSA) is 89.1 Å².